The summed E-state index contributed by atoms with van der Waals surface area (Å²) in [6, 6.07) is 0. The lowest BCUT2D eigenvalue weighted by atomic mass is 9.95. The Morgan fingerprint density at radius 1 is 1.00 bits per heavy atom. The Kier molecular flexibility index (Phi) is 7.59. The Bertz CT molecular complexity index is 287. The van der Waals surface area contributed by atoms with Gasteiger partial charge in [0.15, 0.2) is 0 Å². The second kappa shape index (κ2) is 8.74. The number of hydrogen-bond donors (Lipinski definition) is 0. The minimum Gasteiger partial charge on any atom is -0.152 e. The van der Waals surface area contributed by atoms with Crippen molar-refractivity contribution in [2.45, 2.75) is 78.1 Å². The van der Waals surface area contributed by atoms with E-state index in [1.165, 1.54) is 51.4 Å². The number of hydrogen-bond acceptors (Lipinski definition) is 1. The van der Waals surface area contributed by atoms with Gasteiger partial charge in [0.05, 0.1) is 0 Å². The van der Waals surface area contributed by atoms with E-state index in [4.69, 9.17) is 0 Å². The average Bonchev–Trinajstić information content (AvgIpc) is 2.81. The van der Waals surface area contributed by atoms with E-state index in [-0.39, 0.29) is 0 Å². The van der Waals surface area contributed by atoms with Crippen LogP contribution in [0.3, 0.4) is 0 Å². The lowest BCUT2D eigenvalue weighted by molar-refractivity contribution is 0.605. The minimum atomic E-state index is 0.747. The second-order valence-electron chi connectivity index (χ2n) is 5.18. The van der Waals surface area contributed by atoms with E-state index >= 15 is 0 Å². The standard InChI is InChI=1S/C16H28S/c1-4-6-7-8-9-10-11-15-12-17-13-16(15)14(3)5-2/h12-14H,4-11H2,1-3H3. The predicted molar refractivity (Wildman–Crippen MR) is 80.1 cm³/mol. The van der Waals surface area contributed by atoms with Gasteiger partial charge in [0.25, 0.3) is 0 Å². The average molecular weight is 252 g/mol. The van der Waals surface area contributed by atoms with Crippen LogP contribution in [-0.2, 0) is 6.42 Å². The first-order valence-corrected chi connectivity index (χ1v) is 8.28. The third-order valence-electron chi connectivity index (χ3n) is 3.72. The molecule has 0 radical (unpaired) electrons. The van der Waals surface area contributed by atoms with Crippen molar-refractivity contribution in [3.05, 3.63) is 21.9 Å². The van der Waals surface area contributed by atoms with Gasteiger partial charge in [0.2, 0.25) is 0 Å². The highest BCUT2D eigenvalue weighted by Crippen LogP contribution is 2.27. The molecule has 1 heteroatoms. The van der Waals surface area contributed by atoms with E-state index in [1.54, 1.807) is 11.1 Å². The molecule has 0 aromatic carbocycles. The van der Waals surface area contributed by atoms with E-state index in [2.05, 4.69) is 31.5 Å². The normalized spacial score (nSPS) is 12.9. The quantitative estimate of drug-likeness (QED) is 0.461. The van der Waals surface area contributed by atoms with Crippen molar-refractivity contribution in [1.82, 2.24) is 0 Å². The van der Waals surface area contributed by atoms with Gasteiger partial charge in [-0.3, -0.25) is 0 Å². The molecule has 0 fully saturated rings. The molecule has 0 saturated carbocycles. The summed E-state index contributed by atoms with van der Waals surface area (Å²) in [4.78, 5) is 0. The Morgan fingerprint density at radius 2 is 1.71 bits per heavy atom. The number of aryl methyl sites for hydroxylation is 1. The molecule has 0 aliphatic rings. The maximum atomic E-state index is 2.37. The summed E-state index contributed by atoms with van der Waals surface area (Å²) in [5.74, 6) is 0.747. The van der Waals surface area contributed by atoms with Gasteiger partial charge in [0.1, 0.15) is 0 Å². The Morgan fingerprint density at radius 3 is 2.41 bits per heavy atom. The zero-order chi connectivity index (χ0) is 12.5. The maximum Gasteiger partial charge on any atom is -0.00557 e. The van der Waals surface area contributed by atoms with Gasteiger partial charge in [-0.05, 0) is 47.1 Å². The molecule has 1 unspecified atom stereocenters. The van der Waals surface area contributed by atoms with Gasteiger partial charge in [-0.15, -0.1) is 0 Å². The number of unbranched alkanes of at least 4 members (excludes halogenated alkanes) is 5. The summed E-state index contributed by atoms with van der Waals surface area (Å²) in [6.07, 6.45) is 11.0. The molecular formula is C16H28S. The fraction of sp³-hybridized carbons (Fsp3) is 0.750. The van der Waals surface area contributed by atoms with Gasteiger partial charge in [0, 0.05) is 0 Å². The SMILES string of the molecule is CCCCCCCCc1cscc1C(C)CC. The molecule has 0 aliphatic heterocycles. The van der Waals surface area contributed by atoms with Crippen molar-refractivity contribution < 1.29 is 0 Å². The van der Waals surface area contributed by atoms with E-state index in [9.17, 15) is 0 Å². The highest BCUT2D eigenvalue weighted by molar-refractivity contribution is 7.08. The van der Waals surface area contributed by atoms with Crippen LogP contribution in [0.15, 0.2) is 10.8 Å². The zero-order valence-electron chi connectivity index (χ0n) is 11.8. The minimum absolute atomic E-state index is 0.747. The molecule has 1 aromatic rings. The largest absolute Gasteiger partial charge is 0.152 e. The van der Waals surface area contributed by atoms with Crippen molar-refractivity contribution in [2.75, 3.05) is 0 Å². The van der Waals surface area contributed by atoms with Crippen LogP contribution in [0.2, 0.25) is 0 Å². The summed E-state index contributed by atoms with van der Waals surface area (Å²) in [6.45, 7) is 6.92. The molecule has 0 N–H and O–H groups in total. The highest BCUT2D eigenvalue weighted by atomic mass is 32.1. The van der Waals surface area contributed by atoms with Gasteiger partial charge >= 0.3 is 0 Å². The third-order valence-corrected chi connectivity index (χ3v) is 4.53. The number of rotatable bonds is 9. The fourth-order valence-electron chi connectivity index (χ4n) is 2.28. The van der Waals surface area contributed by atoms with E-state index in [0.717, 1.165) is 5.92 Å². The summed E-state index contributed by atoms with van der Waals surface area (Å²) in [7, 11) is 0. The first kappa shape index (κ1) is 14.8. The van der Waals surface area contributed by atoms with Crippen molar-refractivity contribution in [2.24, 2.45) is 0 Å². The van der Waals surface area contributed by atoms with Crippen molar-refractivity contribution in [3.63, 3.8) is 0 Å². The number of thiophene rings is 1. The zero-order valence-corrected chi connectivity index (χ0v) is 12.6. The van der Waals surface area contributed by atoms with E-state index < -0.39 is 0 Å². The van der Waals surface area contributed by atoms with Crippen molar-refractivity contribution >= 4 is 11.3 Å². The van der Waals surface area contributed by atoms with Gasteiger partial charge in [-0.2, -0.15) is 11.3 Å². The molecule has 0 nitrogen and oxygen atoms in total. The molecule has 17 heavy (non-hydrogen) atoms. The molecule has 0 amide bonds. The van der Waals surface area contributed by atoms with Gasteiger partial charge in [-0.1, -0.05) is 52.9 Å². The van der Waals surface area contributed by atoms with Crippen LogP contribution in [-0.4, -0.2) is 0 Å². The highest BCUT2D eigenvalue weighted by Gasteiger charge is 2.09. The van der Waals surface area contributed by atoms with Crippen LogP contribution in [0.1, 0.15) is 82.8 Å². The molecule has 1 atom stereocenters. The smallest absolute Gasteiger partial charge is 0.00557 e. The van der Waals surface area contributed by atoms with E-state index in [1.807, 2.05) is 11.3 Å². The van der Waals surface area contributed by atoms with Crippen molar-refractivity contribution in [1.29, 1.82) is 0 Å². The summed E-state index contributed by atoms with van der Waals surface area (Å²) in [5.41, 5.74) is 3.24. The Labute approximate surface area is 111 Å². The first-order valence-electron chi connectivity index (χ1n) is 7.34. The van der Waals surface area contributed by atoms with Crippen LogP contribution < -0.4 is 0 Å². The third kappa shape index (κ3) is 5.25. The van der Waals surface area contributed by atoms with Crippen LogP contribution in [0.5, 0.6) is 0 Å². The molecule has 1 aromatic heterocycles. The van der Waals surface area contributed by atoms with Crippen molar-refractivity contribution in [3.8, 4) is 0 Å². The Balaban J connectivity index is 2.24. The lowest BCUT2D eigenvalue weighted by Gasteiger charge is -2.10. The van der Waals surface area contributed by atoms with Crippen LogP contribution in [0.4, 0.5) is 0 Å². The first-order chi connectivity index (χ1) is 8.29. The molecule has 1 heterocycles. The molecule has 0 aliphatic carbocycles. The summed E-state index contributed by atoms with van der Waals surface area (Å²) < 4.78 is 0. The van der Waals surface area contributed by atoms with Crippen LogP contribution >= 0.6 is 11.3 Å². The molecule has 0 bridgehead atoms. The summed E-state index contributed by atoms with van der Waals surface area (Å²) in [5, 5.41) is 4.73. The second-order valence-corrected chi connectivity index (χ2v) is 5.92. The summed E-state index contributed by atoms with van der Waals surface area (Å²) >= 11 is 1.88. The van der Waals surface area contributed by atoms with E-state index in [0.29, 0.717) is 0 Å². The molecule has 0 saturated heterocycles. The monoisotopic (exact) mass is 252 g/mol. The topological polar surface area (TPSA) is 0 Å². The lowest BCUT2D eigenvalue weighted by Crippen LogP contribution is -1.95. The Hall–Kier alpha value is -0.300. The van der Waals surface area contributed by atoms with Crippen LogP contribution in [0.25, 0.3) is 0 Å². The van der Waals surface area contributed by atoms with Gasteiger partial charge < -0.3 is 0 Å². The van der Waals surface area contributed by atoms with Gasteiger partial charge in [-0.25, -0.2) is 0 Å². The molecule has 1 rings (SSSR count). The molecule has 0 spiro atoms. The molecular weight excluding hydrogens is 224 g/mol. The fourth-order valence-corrected chi connectivity index (χ4v) is 3.30. The maximum absolute atomic E-state index is 2.37. The predicted octanol–water partition coefficient (Wildman–Crippen LogP) is 6.16. The van der Waals surface area contributed by atoms with Crippen LogP contribution in [0, 0.1) is 0 Å². The molecule has 98 valence electrons.